The smallest absolute Gasteiger partial charge is 0.235 e. The Balaban J connectivity index is 1.31. The maximum absolute atomic E-state index is 5.87. The van der Waals surface area contributed by atoms with Gasteiger partial charge in [-0.1, -0.05) is 116 Å². The number of hydrogen-bond acceptors (Lipinski definition) is 4. The van der Waals surface area contributed by atoms with Crippen molar-refractivity contribution in [3.63, 3.8) is 0 Å². The highest BCUT2D eigenvalue weighted by Gasteiger charge is 2.06. The van der Waals surface area contributed by atoms with Gasteiger partial charge in [-0.25, -0.2) is 9.97 Å². The quantitative estimate of drug-likeness (QED) is 0.190. The van der Waals surface area contributed by atoms with Gasteiger partial charge in [-0.15, -0.1) is 11.3 Å². The van der Waals surface area contributed by atoms with E-state index in [1.54, 1.807) is 11.3 Å². The van der Waals surface area contributed by atoms with Crippen LogP contribution in [0.5, 0.6) is 5.88 Å². The zero-order valence-electron chi connectivity index (χ0n) is 20.3. The second-order valence-corrected chi connectivity index (χ2v) is 9.86. The number of ether oxygens (including phenoxy) is 1. The molecule has 2 rings (SSSR count). The third-order valence-electron chi connectivity index (χ3n) is 6.18. The standard InChI is InChI=1S/C27H46N2OS/c1-3-4-5-6-7-8-9-10-11-12-13-14-15-16-17-18-19-20-21-30-27-24(2)28-25-22-31-23-26(25)29-27/h22-23H,3-21H2,1-2H3. The lowest BCUT2D eigenvalue weighted by atomic mass is 10.0. The molecule has 0 aliphatic rings. The van der Waals surface area contributed by atoms with E-state index in [1.165, 1.54) is 109 Å². The van der Waals surface area contributed by atoms with Crippen molar-refractivity contribution >= 4 is 22.4 Å². The Kier molecular flexibility index (Phi) is 14.6. The fourth-order valence-corrected chi connectivity index (χ4v) is 4.85. The highest BCUT2D eigenvalue weighted by atomic mass is 32.1. The first-order valence-corrected chi connectivity index (χ1v) is 14.1. The molecule has 3 nitrogen and oxygen atoms in total. The molecule has 2 aromatic heterocycles. The molecule has 31 heavy (non-hydrogen) atoms. The second-order valence-electron chi connectivity index (χ2n) is 9.12. The highest BCUT2D eigenvalue weighted by molar-refractivity contribution is 7.09. The van der Waals surface area contributed by atoms with E-state index in [9.17, 15) is 0 Å². The van der Waals surface area contributed by atoms with Crippen molar-refractivity contribution in [2.75, 3.05) is 6.61 Å². The van der Waals surface area contributed by atoms with Gasteiger partial charge >= 0.3 is 0 Å². The predicted octanol–water partition coefficient (Wildman–Crippen LogP) is 9.42. The molecule has 0 amide bonds. The molecule has 0 unspecified atom stereocenters. The van der Waals surface area contributed by atoms with Crippen molar-refractivity contribution in [1.82, 2.24) is 9.97 Å². The minimum absolute atomic E-state index is 0.706. The van der Waals surface area contributed by atoms with Gasteiger partial charge in [-0.05, 0) is 13.3 Å². The summed E-state index contributed by atoms with van der Waals surface area (Å²) in [6.45, 7) is 5.03. The van der Waals surface area contributed by atoms with E-state index in [2.05, 4.69) is 16.9 Å². The van der Waals surface area contributed by atoms with Crippen LogP contribution in [0.15, 0.2) is 10.8 Å². The lowest BCUT2D eigenvalue weighted by molar-refractivity contribution is 0.291. The number of hydrogen-bond donors (Lipinski definition) is 0. The molecule has 2 aromatic rings. The van der Waals surface area contributed by atoms with Crippen LogP contribution >= 0.6 is 11.3 Å². The molecule has 0 fully saturated rings. The Hall–Kier alpha value is -1.16. The third kappa shape index (κ3) is 11.9. The fraction of sp³-hybridized carbons (Fsp3) is 0.778. The highest BCUT2D eigenvalue weighted by Crippen LogP contribution is 2.21. The van der Waals surface area contributed by atoms with Gasteiger partial charge in [0.1, 0.15) is 11.2 Å². The minimum atomic E-state index is 0.706. The summed E-state index contributed by atoms with van der Waals surface area (Å²) in [6, 6.07) is 0. The summed E-state index contributed by atoms with van der Waals surface area (Å²) in [5.74, 6) is 0.706. The van der Waals surface area contributed by atoms with Crippen LogP contribution in [0.4, 0.5) is 0 Å². The van der Waals surface area contributed by atoms with Gasteiger partial charge in [-0.3, -0.25) is 0 Å². The van der Waals surface area contributed by atoms with E-state index in [0.717, 1.165) is 29.8 Å². The largest absolute Gasteiger partial charge is 0.476 e. The molecule has 176 valence electrons. The van der Waals surface area contributed by atoms with E-state index >= 15 is 0 Å². The molecule has 0 spiro atoms. The zero-order chi connectivity index (χ0) is 22.0. The number of unbranched alkanes of at least 4 members (excludes halogenated alkanes) is 17. The Morgan fingerprint density at radius 2 is 1.03 bits per heavy atom. The number of fused-ring (bicyclic) bond motifs is 1. The van der Waals surface area contributed by atoms with Crippen molar-refractivity contribution in [3.05, 3.63) is 16.5 Å². The average molecular weight is 447 g/mol. The van der Waals surface area contributed by atoms with Gasteiger partial charge in [0.25, 0.3) is 0 Å². The van der Waals surface area contributed by atoms with Crippen LogP contribution in [-0.4, -0.2) is 16.6 Å². The average Bonchev–Trinajstić information content (AvgIpc) is 3.22. The van der Waals surface area contributed by atoms with Gasteiger partial charge in [0.05, 0.1) is 12.1 Å². The van der Waals surface area contributed by atoms with Gasteiger partial charge in [-0.2, -0.15) is 0 Å². The molecule has 0 aromatic carbocycles. The van der Waals surface area contributed by atoms with Crippen molar-refractivity contribution < 1.29 is 4.74 Å². The maximum atomic E-state index is 5.87. The Labute approximate surface area is 195 Å². The molecule has 4 heteroatoms. The van der Waals surface area contributed by atoms with Crippen LogP contribution in [0, 0.1) is 6.92 Å². The van der Waals surface area contributed by atoms with E-state index in [-0.39, 0.29) is 0 Å². The van der Waals surface area contributed by atoms with E-state index in [0.29, 0.717) is 5.88 Å². The van der Waals surface area contributed by atoms with Crippen LogP contribution in [0.3, 0.4) is 0 Å². The van der Waals surface area contributed by atoms with Crippen molar-refractivity contribution in [1.29, 1.82) is 0 Å². The lowest BCUT2D eigenvalue weighted by Gasteiger charge is -2.07. The third-order valence-corrected chi connectivity index (χ3v) is 6.90. The Morgan fingerprint density at radius 1 is 0.613 bits per heavy atom. The van der Waals surface area contributed by atoms with E-state index in [4.69, 9.17) is 4.74 Å². The first kappa shape index (κ1) is 26.1. The van der Waals surface area contributed by atoms with Crippen LogP contribution < -0.4 is 4.74 Å². The number of thiophene rings is 1. The summed E-state index contributed by atoms with van der Waals surface area (Å²) in [5.41, 5.74) is 2.82. The fourth-order valence-electron chi connectivity index (χ4n) is 4.18. The summed E-state index contributed by atoms with van der Waals surface area (Å²) in [4.78, 5) is 9.14. The molecule has 0 radical (unpaired) electrons. The molecule has 0 atom stereocenters. The predicted molar refractivity (Wildman–Crippen MR) is 136 cm³/mol. The van der Waals surface area contributed by atoms with E-state index < -0.39 is 0 Å². The van der Waals surface area contributed by atoms with Gasteiger partial charge in [0.2, 0.25) is 5.88 Å². The summed E-state index contributed by atoms with van der Waals surface area (Å²) in [6.07, 6.45) is 25.2. The maximum Gasteiger partial charge on any atom is 0.235 e. The number of aryl methyl sites for hydroxylation is 1. The molecule has 0 saturated heterocycles. The summed E-state index contributed by atoms with van der Waals surface area (Å²) >= 11 is 1.64. The number of aromatic nitrogens is 2. The summed E-state index contributed by atoms with van der Waals surface area (Å²) in [7, 11) is 0. The molecule has 2 heterocycles. The van der Waals surface area contributed by atoms with Crippen LogP contribution in [-0.2, 0) is 0 Å². The number of nitrogens with zero attached hydrogens (tertiary/aromatic N) is 2. The zero-order valence-corrected chi connectivity index (χ0v) is 21.1. The molecular formula is C27H46N2OS. The van der Waals surface area contributed by atoms with Crippen molar-refractivity contribution in [2.45, 2.75) is 129 Å². The molecule has 0 bridgehead atoms. The van der Waals surface area contributed by atoms with Crippen molar-refractivity contribution in [2.24, 2.45) is 0 Å². The monoisotopic (exact) mass is 446 g/mol. The van der Waals surface area contributed by atoms with Crippen LogP contribution in [0.25, 0.3) is 11.0 Å². The first-order valence-electron chi connectivity index (χ1n) is 13.1. The second kappa shape index (κ2) is 17.4. The summed E-state index contributed by atoms with van der Waals surface area (Å²) < 4.78 is 5.87. The normalized spacial score (nSPS) is 11.4. The molecule has 0 N–H and O–H groups in total. The number of rotatable bonds is 20. The SMILES string of the molecule is CCCCCCCCCCCCCCCCCCCCOc1nc2cscc2nc1C. The van der Waals surface area contributed by atoms with Crippen LogP contribution in [0.1, 0.15) is 128 Å². The minimum Gasteiger partial charge on any atom is -0.476 e. The topological polar surface area (TPSA) is 35.0 Å². The molecule has 0 saturated carbocycles. The van der Waals surface area contributed by atoms with Gasteiger partial charge in [0.15, 0.2) is 0 Å². The summed E-state index contributed by atoms with van der Waals surface area (Å²) in [5, 5.41) is 4.07. The van der Waals surface area contributed by atoms with Crippen molar-refractivity contribution in [3.8, 4) is 5.88 Å². The van der Waals surface area contributed by atoms with Gasteiger partial charge in [0, 0.05) is 10.8 Å². The Bertz CT molecular complexity index is 685. The molecular weight excluding hydrogens is 400 g/mol. The Morgan fingerprint density at radius 3 is 1.52 bits per heavy atom. The van der Waals surface area contributed by atoms with Crippen LogP contribution in [0.2, 0.25) is 0 Å². The first-order chi connectivity index (χ1) is 15.3. The molecule has 0 aliphatic heterocycles. The van der Waals surface area contributed by atoms with E-state index in [1.807, 2.05) is 17.7 Å². The van der Waals surface area contributed by atoms with Gasteiger partial charge < -0.3 is 4.74 Å². The lowest BCUT2D eigenvalue weighted by Crippen LogP contribution is -2.02. The molecule has 0 aliphatic carbocycles.